The van der Waals surface area contributed by atoms with Crippen molar-refractivity contribution < 1.29 is 13.5 Å². The zero-order valence-corrected chi connectivity index (χ0v) is 8.23. The van der Waals surface area contributed by atoms with Gasteiger partial charge in [-0.1, -0.05) is 13.8 Å². The van der Waals surface area contributed by atoms with Gasteiger partial charge in [0.05, 0.1) is 12.7 Å². The molecule has 0 bridgehead atoms. The third-order valence-corrected chi connectivity index (χ3v) is 1.73. The van der Waals surface area contributed by atoms with E-state index in [1.807, 2.05) is 13.8 Å². The smallest absolute Gasteiger partial charge is 0.252 e. The van der Waals surface area contributed by atoms with E-state index in [1.54, 1.807) is 0 Å². The Balaban J connectivity index is 3.61. The van der Waals surface area contributed by atoms with Gasteiger partial charge in [0.25, 0.3) is 5.92 Å². The predicted molar refractivity (Wildman–Crippen MR) is 45.5 cm³/mol. The summed E-state index contributed by atoms with van der Waals surface area (Å²) < 4.78 is 30.9. The minimum atomic E-state index is -2.59. The molecule has 0 unspecified atom stereocenters. The second-order valence-electron chi connectivity index (χ2n) is 3.59. The molecule has 1 nitrogen and oxygen atoms in total. The molecule has 0 spiro atoms. The van der Waals surface area contributed by atoms with E-state index >= 15 is 0 Å². The average Bonchev–Trinajstić information content (AvgIpc) is 1.85. The Bertz CT molecular complexity index is 122. The van der Waals surface area contributed by atoms with E-state index in [0.717, 1.165) is 0 Å². The van der Waals surface area contributed by atoms with Crippen molar-refractivity contribution in [3.63, 3.8) is 0 Å². The summed E-state index contributed by atoms with van der Waals surface area (Å²) in [6.45, 7) is 6.87. The molecule has 0 amide bonds. The molecule has 0 fully saturated rings. The van der Waals surface area contributed by atoms with E-state index in [2.05, 4.69) is 0 Å². The Morgan fingerprint density at radius 3 is 2.00 bits per heavy atom. The predicted octanol–water partition coefficient (Wildman–Crippen LogP) is 3.09. The molecule has 0 saturated heterocycles. The fourth-order valence-corrected chi connectivity index (χ4v) is 0.719. The third kappa shape index (κ3) is 4.65. The first-order valence-corrected chi connectivity index (χ1v) is 4.35. The maximum atomic E-state index is 12.9. The SMILES string of the molecule is CC(C)OCCC(F)(F)C(C)C. The molecule has 0 aliphatic carbocycles. The molecule has 74 valence electrons. The summed E-state index contributed by atoms with van der Waals surface area (Å²) in [5.41, 5.74) is 0. The highest BCUT2D eigenvalue weighted by molar-refractivity contribution is 4.69. The molecule has 0 aromatic carbocycles. The second-order valence-corrected chi connectivity index (χ2v) is 3.59. The Morgan fingerprint density at radius 2 is 1.67 bits per heavy atom. The zero-order chi connectivity index (χ0) is 9.78. The molecule has 0 aliphatic heterocycles. The van der Waals surface area contributed by atoms with Crippen LogP contribution in [0, 0.1) is 5.92 Å². The minimum Gasteiger partial charge on any atom is -0.379 e. The fraction of sp³-hybridized carbons (Fsp3) is 1.00. The van der Waals surface area contributed by atoms with E-state index in [4.69, 9.17) is 4.74 Å². The van der Waals surface area contributed by atoms with Crippen molar-refractivity contribution in [3.05, 3.63) is 0 Å². The highest BCUT2D eigenvalue weighted by Crippen LogP contribution is 2.27. The highest BCUT2D eigenvalue weighted by Gasteiger charge is 2.32. The van der Waals surface area contributed by atoms with Crippen LogP contribution < -0.4 is 0 Å². The van der Waals surface area contributed by atoms with Crippen LogP contribution in [0.15, 0.2) is 0 Å². The molecule has 12 heavy (non-hydrogen) atoms. The Labute approximate surface area is 73.1 Å². The maximum absolute atomic E-state index is 12.9. The lowest BCUT2D eigenvalue weighted by atomic mass is 10.0. The number of ether oxygens (including phenoxy) is 1. The molecule has 0 N–H and O–H groups in total. The van der Waals surface area contributed by atoms with Gasteiger partial charge in [-0.25, -0.2) is 8.78 Å². The molecule has 0 radical (unpaired) electrons. The fourth-order valence-electron chi connectivity index (χ4n) is 0.719. The molecule has 0 heterocycles. The van der Waals surface area contributed by atoms with Crippen molar-refractivity contribution in [1.29, 1.82) is 0 Å². The first kappa shape index (κ1) is 11.8. The van der Waals surface area contributed by atoms with Crippen LogP contribution in [0.25, 0.3) is 0 Å². The van der Waals surface area contributed by atoms with Crippen molar-refractivity contribution in [2.24, 2.45) is 5.92 Å². The summed E-state index contributed by atoms with van der Waals surface area (Å²) in [5, 5.41) is 0. The van der Waals surface area contributed by atoms with Gasteiger partial charge in [0, 0.05) is 12.3 Å². The Morgan fingerprint density at radius 1 is 1.17 bits per heavy atom. The van der Waals surface area contributed by atoms with Gasteiger partial charge in [0.15, 0.2) is 0 Å². The molecular formula is C9H18F2O. The molecule has 0 aromatic heterocycles. The van der Waals surface area contributed by atoms with Crippen molar-refractivity contribution in [1.82, 2.24) is 0 Å². The summed E-state index contributed by atoms with van der Waals surface area (Å²) >= 11 is 0. The number of halogens is 2. The van der Waals surface area contributed by atoms with Crippen LogP contribution in [-0.4, -0.2) is 18.6 Å². The summed E-state index contributed by atoms with van der Waals surface area (Å²) in [7, 11) is 0. The van der Waals surface area contributed by atoms with Gasteiger partial charge in [-0.2, -0.15) is 0 Å². The van der Waals surface area contributed by atoms with Crippen LogP contribution >= 0.6 is 0 Å². The minimum absolute atomic E-state index is 0.0352. The van der Waals surface area contributed by atoms with Gasteiger partial charge in [-0.3, -0.25) is 0 Å². The Kier molecular flexibility index (Phi) is 4.68. The van der Waals surface area contributed by atoms with E-state index in [1.165, 1.54) is 13.8 Å². The standard InChI is InChI=1S/C9H18F2O/c1-7(2)9(10,11)5-6-12-8(3)4/h7-8H,5-6H2,1-4H3. The lowest BCUT2D eigenvalue weighted by molar-refractivity contribution is -0.0759. The van der Waals surface area contributed by atoms with Crippen molar-refractivity contribution in [2.75, 3.05) is 6.61 Å². The second kappa shape index (κ2) is 4.75. The van der Waals surface area contributed by atoms with Gasteiger partial charge < -0.3 is 4.74 Å². The van der Waals surface area contributed by atoms with Crippen molar-refractivity contribution >= 4 is 0 Å². The maximum Gasteiger partial charge on any atom is 0.252 e. The van der Waals surface area contributed by atoms with Crippen molar-refractivity contribution in [3.8, 4) is 0 Å². The molecule has 0 aliphatic rings. The normalized spacial score (nSPS) is 13.0. The van der Waals surface area contributed by atoms with Crippen LogP contribution in [0.4, 0.5) is 8.78 Å². The van der Waals surface area contributed by atoms with Crippen LogP contribution in [0.1, 0.15) is 34.1 Å². The molecule has 0 saturated carbocycles. The number of hydrogen-bond donors (Lipinski definition) is 0. The van der Waals surface area contributed by atoms with E-state index in [-0.39, 0.29) is 19.1 Å². The van der Waals surface area contributed by atoms with Gasteiger partial charge in [0.2, 0.25) is 0 Å². The summed E-state index contributed by atoms with van der Waals surface area (Å²) in [4.78, 5) is 0. The monoisotopic (exact) mass is 180 g/mol. The zero-order valence-electron chi connectivity index (χ0n) is 8.23. The molecule has 3 heteroatoms. The summed E-state index contributed by atoms with van der Waals surface area (Å²) in [6.07, 6.45) is -0.143. The first-order valence-electron chi connectivity index (χ1n) is 4.35. The van der Waals surface area contributed by atoms with Crippen LogP contribution in [0.5, 0.6) is 0 Å². The van der Waals surface area contributed by atoms with Gasteiger partial charge in [0.1, 0.15) is 0 Å². The Hall–Kier alpha value is -0.180. The van der Waals surface area contributed by atoms with Gasteiger partial charge in [-0.05, 0) is 13.8 Å². The van der Waals surface area contributed by atoms with Gasteiger partial charge in [-0.15, -0.1) is 0 Å². The summed E-state index contributed by atoms with van der Waals surface area (Å²) in [5.74, 6) is -3.19. The largest absolute Gasteiger partial charge is 0.379 e. The van der Waals surface area contributed by atoms with E-state index in [9.17, 15) is 8.78 Å². The van der Waals surface area contributed by atoms with Crippen LogP contribution in [-0.2, 0) is 4.74 Å². The van der Waals surface area contributed by atoms with E-state index in [0.29, 0.717) is 0 Å². The molecule has 0 rings (SSSR count). The number of alkyl halides is 2. The number of hydrogen-bond acceptors (Lipinski definition) is 1. The number of rotatable bonds is 5. The summed E-state index contributed by atoms with van der Waals surface area (Å²) in [6, 6.07) is 0. The third-order valence-electron chi connectivity index (χ3n) is 1.73. The molecular weight excluding hydrogens is 162 g/mol. The van der Waals surface area contributed by atoms with Gasteiger partial charge >= 0.3 is 0 Å². The quantitative estimate of drug-likeness (QED) is 0.631. The first-order chi connectivity index (χ1) is 5.36. The lowest BCUT2D eigenvalue weighted by Crippen LogP contribution is -2.26. The highest BCUT2D eigenvalue weighted by atomic mass is 19.3. The lowest BCUT2D eigenvalue weighted by Gasteiger charge is -2.20. The van der Waals surface area contributed by atoms with E-state index < -0.39 is 11.8 Å². The van der Waals surface area contributed by atoms with Crippen LogP contribution in [0.2, 0.25) is 0 Å². The molecule has 0 atom stereocenters. The van der Waals surface area contributed by atoms with Crippen molar-refractivity contribution in [2.45, 2.75) is 46.1 Å². The molecule has 0 aromatic rings. The van der Waals surface area contributed by atoms with Crippen LogP contribution in [0.3, 0.4) is 0 Å². The topological polar surface area (TPSA) is 9.23 Å². The average molecular weight is 180 g/mol.